The van der Waals surface area contributed by atoms with E-state index in [0.29, 0.717) is 21.5 Å². The van der Waals surface area contributed by atoms with E-state index in [1.165, 1.54) is 22.3 Å². The lowest BCUT2D eigenvalue weighted by Gasteiger charge is -2.09. The van der Waals surface area contributed by atoms with Crippen LogP contribution in [0, 0.1) is 25.2 Å². The summed E-state index contributed by atoms with van der Waals surface area (Å²) < 4.78 is 5.75. The molecule has 3 aromatic rings. The van der Waals surface area contributed by atoms with Crippen LogP contribution >= 0.6 is 11.3 Å². The highest BCUT2D eigenvalue weighted by Gasteiger charge is 2.23. The van der Waals surface area contributed by atoms with Crippen LogP contribution in [0.2, 0.25) is 0 Å². The summed E-state index contributed by atoms with van der Waals surface area (Å²) in [6.45, 7) is 3.76. The molecule has 0 fully saturated rings. The molecule has 1 aliphatic carbocycles. The number of aryl methyl sites for hydroxylation is 3. The monoisotopic (exact) mass is 378 g/mol. The van der Waals surface area contributed by atoms with E-state index in [9.17, 15) is 14.9 Å². The van der Waals surface area contributed by atoms with Gasteiger partial charge in [-0.25, -0.2) is 0 Å². The van der Waals surface area contributed by atoms with Gasteiger partial charge in [-0.3, -0.25) is 9.59 Å². The number of carbonyl (C=O) groups is 1. The number of thiophene rings is 1. The predicted molar refractivity (Wildman–Crippen MR) is 106 cm³/mol. The summed E-state index contributed by atoms with van der Waals surface area (Å²) in [7, 11) is 0. The number of benzene rings is 1. The Bertz CT molecular complexity index is 1180. The summed E-state index contributed by atoms with van der Waals surface area (Å²) in [6.07, 6.45) is 3.97. The van der Waals surface area contributed by atoms with Crippen LogP contribution in [0.15, 0.2) is 27.4 Å². The predicted octanol–water partition coefficient (Wildman–Crippen LogP) is 4.47. The summed E-state index contributed by atoms with van der Waals surface area (Å²) in [5.74, 6) is -0.557. The highest BCUT2D eigenvalue weighted by Crippen LogP contribution is 2.37. The number of fused-ring (bicyclic) bond motifs is 2. The number of nitrogens with one attached hydrogen (secondary N) is 1. The van der Waals surface area contributed by atoms with Crippen molar-refractivity contribution in [2.75, 3.05) is 5.32 Å². The first-order valence-corrected chi connectivity index (χ1v) is 9.70. The Hall–Kier alpha value is -2.91. The molecule has 0 spiro atoms. The van der Waals surface area contributed by atoms with Crippen molar-refractivity contribution in [2.45, 2.75) is 39.5 Å². The van der Waals surface area contributed by atoms with Gasteiger partial charge in [0.05, 0.1) is 10.9 Å². The number of anilines is 1. The van der Waals surface area contributed by atoms with Crippen LogP contribution in [-0.2, 0) is 12.8 Å². The molecule has 1 aliphatic rings. The molecule has 0 atom stereocenters. The Labute approximate surface area is 160 Å². The first-order valence-electron chi connectivity index (χ1n) is 8.89. The number of hydrogen-bond donors (Lipinski definition) is 1. The molecule has 0 aliphatic heterocycles. The fourth-order valence-corrected chi connectivity index (χ4v) is 4.89. The lowest BCUT2D eigenvalue weighted by atomic mass is 9.96. The molecule has 6 heteroatoms. The lowest BCUT2D eigenvalue weighted by molar-refractivity contribution is 0.0997. The second-order valence-corrected chi connectivity index (χ2v) is 8.02. The molecular formula is C21H18N2O3S. The topological polar surface area (TPSA) is 83.1 Å². The third kappa shape index (κ3) is 3.04. The normalized spacial score (nSPS) is 13.2. The van der Waals surface area contributed by atoms with Crippen LogP contribution in [0.4, 0.5) is 5.00 Å². The van der Waals surface area contributed by atoms with Crippen LogP contribution in [0.25, 0.3) is 11.0 Å². The zero-order valence-electron chi connectivity index (χ0n) is 15.1. The zero-order valence-corrected chi connectivity index (χ0v) is 16.0. The van der Waals surface area contributed by atoms with Crippen LogP contribution < -0.4 is 10.7 Å². The van der Waals surface area contributed by atoms with E-state index < -0.39 is 5.91 Å². The maximum absolute atomic E-state index is 12.7. The molecule has 0 saturated heterocycles. The molecule has 2 aromatic heterocycles. The van der Waals surface area contributed by atoms with Gasteiger partial charge in [0.15, 0.2) is 11.2 Å². The third-order valence-corrected chi connectivity index (χ3v) is 6.10. The zero-order chi connectivity index (χ0) is 19.1. The largest absolute Gasteiger partial charge is 0.450 e. The molecule has 0 bridgehead atoms. The quantitative estimate of drug-likeness (QED) is 0.713. The Morgan fingerprint density at radius 2 is 2.00 bits per heavy atom. The Balaban J connectivity index is 1.73. The SMILES string of the molecule is Cc1cc(C)c2oc(C(=O)Nc3sc4c(c3C#N)CCCC4)cc(=O)c2c1. The van der Waals surface area contributed by atoms with E-state index in [0.717, 1.165) is 42.4 Å². The van der Waals surface area contributed by atoms with E-state index in [1.807, 2.05) is 19.9 Å². The van der Waals surface area contributed by atoms with E-state index >= 15 is 0 Å². The minimum absolute atomic E-state index is 0.0466. The van der Waals surface area contributed by atoms with Crippen LogP contribution in [0.1, 0.15) is 50.5 Å². The van der Waals surface area contributed by atoms with Gasteiger partial charge in [0.2, 0.25) is 0 Å². The average Bonchev–Trinajstić information content (AvgIpc) is 2.99. The summed E-state index contributed by atoms with van der Waals surface area (Å²) in [4.78, 5) is 26.3. The maximum atomic E-state index is 12.7. The van der Waals surface area contributed by atoms with E-state index in [1.54, 1.807) is 6.07 Å². The fourth-order valence-electron chi connectivity index (χ4n) is 3.66. The van der Waals surface area contributed by atoms with Crippen molar-refractivity contribution in [3.63, 3.8) is 0 Å². The summed E-state index contributed by atoms with van der Waals surface area (Å²) >= 11 is 1.45. The molecule has 5 nitrogen and oxygen atoms in total. The molecule has 1 amide bonds. The molecule has 0 saturated carbocycles. The van der Waals surface area contributed by atoms with Gasteiger partial charge in [-0.15, -0.1) is 11.3 Å². The summed E-state index contributed by atoms with van der Waals surface area (Å²) in [5.41, 5.74) is 3.53. The molecule has 1 N–H and O–H groups in total. The van der Waals surface area contributed by atoms with Gasteiger partial charge in [-0.05, 0) is 62.3 Å². The molecule has 136 valence electrons. The molecule has 0 unspecified atom stereocenters. The van der Waals surface area contributed by atoms with Gasteiger partial charge in [-0.2, -0.15) is 5.26 Å². The highest BCUT2D eigenvalue weighted by molar-refractivity contribution is 7.16. The van der Waals surface area contributed by atoms with E-state index in [2.05, 4.69) is 11.4 Å². The van der Waals surface area contributed by atoms with E-state index in [4.69, 9.17) is 4.42 Å². The van der Waals surface area contributed by atoms with Crippen LogP contribution in [0.5, 0.6) is 0 Å². The molecular weight excluding hydrogens is 360 g/mol. The Morgan fingerprint density at radius 1 is 1.22 bits per heavy atom. The van der Waals surface area contributed by atoms with Crippen molar-refractivity contribution in [1.29, 1.82) is 5.26 Å². The average molecular weight is 378 g/mol. The standard InChI is InChI=1S/C21H18N2O3S/c1-11-7-12(2)19-14(8-11)16(24)9-17(26-19)20(25)23-21-15(10-22)13-5-3-4-6-18(13)27-21/h7-9H,3-6H2,1-2H3,(H,23,25). The van der Waals surface area contributed by atoms with Crippen molar-refractivity contribution >= 4 is 33.2 Å². The van der Waals surface area contributed by atoms with Crippen molar-refractivity contribution in [1.82, 2.24) is 0 Å². The van der Waals surface area contributed by atoms with Crippen molar-refractivity contribution in [2.24, 2.45) is 0 Å². The second kappa shape index (κ2) is 6.67. The third-order valence-electron chi connectivity index (χ3n) is 4.89. The summed E-state index contributed by atoms with van der Waals surface area (Å²) in [5, 5.41) is 13.3. The van der Waals surface area contributed by atoms with Gasteiger partial charge in [0, 0.05) is 10.9 Å². The van der Waals surface area contributed by atoms with Crippen LogP contribution in [0.3, 0.4) is 0 Å². The maximum Gasteiger partial charge on any atom is 0.292 e. The van der Waals surface area contributed by atoms with Gasteiger partial charge in [-0.1, -0.05) is 6.07 Å². The molecule has 2 heterocycles. The number of hydrogen-bond acceptors (Lipinski definition) is 5. The Kier molecular flexibility index (Phi) is 4.33. The van der Waals surface area contributed by atoms with Crippen molar-refractivity contribution in [3.8, 4) is 6.07 Å². The molecule has 27 heavy (non-hydrogen) atoms. The van der Waals surface area contributed by atoms with Gasteiger partial charge < -0.3 is 9.73 Å². The minimum atomic E-state index is -0.510. The van der Waals surface area contributed by atoms with Gasteiger partial charge >= 0.3 is 0 Å². The smallest absolute Gasteiger partial charge is 0.292 e. The second-order valence-electron chi connectivity index (χ2n) is 6.91. The molecule has 1 aromatic carbocycles. The van der Waals surface area contributed by atoms with Crippen molar-refractivity contribution in [3.05, 3.63) is 61.3 Å². The van der Waals surface area contributed by atoms with Gasteiger partial charge in [0.25, 0.3) is 5.91 Å². The number of nitriles is 1. The number of rotatable bonds is 2. The van der Waals surface area contributed by atoms with Crippen LogP contribution in [-0.4, -0.2) is 5.91 Å². The molecule has 4 rings (SSSR count). The van der Waals surface area contributed by atoms with E-state index in [-0.39, 0.29) is 11.2 Å². The first kappa shape index (κ1) is 17.5. The number of carbonyl (C=O) groups excluding carboxylic acids is 1. The molecule has 0 radical (unpaired) electrons. The number of nitrogens with zero attached hydrogens (tertiary/aromatic N) is 1. The van der Waals surface area contributed by atoms with Gasteiger partial charge in [0.1, 0.15) is 16.7 Å². The highest BCUT2D eigenvalue weighted by atomic mass is 32.1. The number of amides is 1. The van der Waals surface area contributed by atoms with Crippen molar-refractivity contribution < 1.29 is 9.21 Å². The first-order chi connectivity index (χ1) is 13.0. The minimum Gasteiger partial charge on any atom is -0.450 e. The lowest BCUT2D eigenvalue weighted by Crippen LogP contribution is -2.15. The Morgan fingerprint density at radius 3 is 2.78 bits per heavy atom. The fraction of sp³-hybridized carbons (Fsp3) is 0.286. The summed E-state index contributed by atoms with van der Waals surface area (Å²) in [6, 6.07) is 7.11.